The van der Waals surface area contributed by atoms with Crippen LogP contribution in [0.25, 0.3) is 0 Å². The smallest absolute Gasteiger partial charge is 0.303 e. The molecule has 1 saturated heterocycles. The van der Waals surface area contributed by atoms with Crippen LogP contribution in [0.3, 0.4) is 0 Å². The molecule has 0 spiro atoms. The van der Waals surface area contributed by atoms with Crippen LogP contribution in [0, 0.1) is 6.92 Å². The Bertz CT molecular complexity index is 1130. The fourth-order valence-electron chi connectivity index (χ4n) is 4.09. The van der Waals surface area contributed by atoms with Crippen molar-refractivity contribution in [2.45, 2.75) is 65.3 Å². The second-order valence-corrected chi connectivity index (χ2v) is 8.65. The third-order valence-electron chi connectivity index (χ3n) is 5.59. The van der Waals surface area contributed by atoms with Gasteiger partial charge in [0.05, 0.1) is 5.69 Å². The monoisotopic (exact) mass is 519 g/mol. The van der Waals surface area contributed by atoms with E-state index in [-0.39, 0.29) is 5.71 Å². The SMILES string of the molecule is CC(=O)N[C@H]1[C@H](O/N=C2\C(=O)N(C)c3ccc(C)cc32)O[C@@H](COC(C)=O)[C@@H](OC(C)=O)[C@H]1OC(C)=O. The first-order valence-corrected chi connectivity index (χ1v) is 11.4. The fraction of sp³-hybridized carbons (Fsp3) is 0.500. The predicted molar refractivity (Wildman–Crippen MR) is 126 cm³/mol. The Morgan fingerprint density at radius 1 is 1.03 bits per heavy atom. The second-order valence-electron chi connectivity index (χ2n) is 8.65. The molecule has 2 aliphatic rings. The molecule has 1 aromatic rings. The highest BCUT2D eigenvalue weighted by Gasteiger charge is 2.52. The van der Waals surface area contributed by atoms with E-state index in [1.807, 2.05) is 13.0 Å². The first-order chi connectivity index (χ1) is 17.4. The molecule has 2 aliphatic heterocycles. The summed E-state index contributed by atoms with van der Waals surface area (Å²) in [4.78, 5) is 67.2. The summed E-state index contributed by atoms with van der Waals surface area (Å²) in [6, 6.07) is 4.18. The van der Waals surface area contributed by atoms with Crippen molar-refractivity contribution in [1.82, 2.24) is 5.32 Å². The maximum absolute atomic E-state index is 12.9. The van der Waals surface area contributed by atoms with E-state index >= 15 is 0 Å². The summed E-state index contributed by atoms with van der Waals surface area (Å²) in [7, 11) is 1.59. The summed E-state index contributed by atoms with van der Waals surface area (Å²) in [6.07, 6.45) is -5.17. The molecule has 37 heavy (non-hydrogen) atoms. The van der Waals surface area contributed by atoms with Crippen LogP contribution in [0.1, 0.15) is 38.8 Å². The van der Waals surface area contributed by atoms with Gasteiger partial charge in [-0.1, -0.05) is 16.8 Å². The van der Waals surface area contributed by atoms with E-state index in [0.29, 0.717) is 11.3 Å². The van der Waals surface area contributed by atoms with E-state index in [4.69, 9.17) is 23.8 Å². The molecule has 1 fully saturated rings. The number of nitrogens with zero attached hydrogens (tertiary/aromatic N) is 2. The molecule has 200 valence electrons. The van der Waals surface area contributed by atoms with E-state index in [2.05, 4.69) is 10.5 Å². The Kier molecular flexibility index (Phi) is 8.48. The largest absolute Gasteiger partial charge is 0.463 e. The van der Waals surface area contributed by atoms with Gasteiger partial charge in [0, 0.05) is 40.3 Å². The van der Waals surface area contributed by atoms with E-state index in [1.54, 1.807) is 19.2 Å². The Labute approximate surface area is 213 Å². The van der Waals surface area contributed by atoms with Gasteiger partial charge in [0.15, 0.2) is 17.9 Å². The predicted octanol–water partition coefficient (Wildman–Crippen LogP) is 0.348. The normalized spacial score (nSPS) is 25.8. The van der Waals surface area contributed by atoms with Gasteiger partial charge in [-0.05, 0) is 19.1 Å². The standard InChI is InChI=1S/C24H29N3O10/c1-11-7-8-17-16(9-11)19(23(32)27(17)6)26-37-24-20(25-12(2)28)22(35-15(5)31)21(34-14(4)30)18(36-24)10-33-13(3)29/h7-9,18,20-22,24H,10H2,1-6H3,(H,25,28)/b26-19-/t18-,20+,21+,22-,24-/m0/s1. The number of nitrogens with one attached hydrogen (secondary N) is 1. The quantitative estimate of drug-likeness (QED) is 0.302. The van der Waals surface area contributed by atoms with Crippen LogP contribution in [0.5, 0.6) is 0 Å². The first-order valence-electron chi connectivity index (χ1n) is 11.4. The fourth-order valence-corrected chi connectivity index (χ4v) is 4.09. The van der Waals surface area contributed by atoms with E-state index < -0.39 is 67.0 Å². The number of benzene rings is 1. The zero-order chi connectivity index (χ0) is 27.4. The van der Waals surface area contributed by atoms with Crippen LogP contribution < -0.4 is 10.2 Å². The molecule has 0 aromatic heterocycles. The number of hydrogen-bond donors (Lipinski definition) is 1. The number of carbonyl (C=O) groups is 5. The number of rotatable bonds is 7. The zero-order valence-electron chi connectivity index (χ0n) is 21.3. The van der Waals surface area contributed by atoms with Gasteiger partial charge >= 0.3 is 17.9 Å². The second kappa shape index (κ2) is 11.4. The molecular formula is C24H29N3O10. The number of hydrogen-bond acceptors (Lipinski definition) is 11. The Morgan fingerprint density at radius 3 is 2.27 bits per heavy atom. The van der Waals surface area contributed by atoms with Gasteiger partial charge in [-0.15, -0.1) is 0 Å². The molecule has 0 unspecified atom stereocenters. The summed E-state index contributed by atoms with van der Waals surface area (Å²) in [5.41, 5.74) is 2.04. The van der Waals surface area contributed by atoms with Crippen molar-refractivity contribution >= 4 is 41.1 Å². The molecule has 0 bridgehead atoms. The van der Waals surface area contributed by atoms with Crippen molar-refractivity contribution in [3.63, 3.8) is 0 Å². The number of amides is 2. The molecule has 0 aliphatic carbocycles. The highest BCUT2D eigenvalue weighted by molar-refractivity contribution is 6.54. The number of oxime groups is 1. The third-order valence-corrected chi connectivity index (χ3v) is 5.59. The molecule has 5 atom stereocenters. The molecule has 2 heterocycles. The van der Waals surface area contributed by atoms with Gasteiger partial charge in [0.2, 0.25) is 5.91 Å². The van der Waals surface area contributed by atoms with E-state index in [1.165, 1.54) is 18.7 Å². The van der Waals surface area contributed by atoms with Crippen molar-refractivity contribution in [2.75, 3.05) is 18.6 Å². The molecule has 13 nitrogen and oxygen atoms in total. The number of aryl methyl sites for hydroxylation is 1. The van der Waals surface area contributed by atoms with Crippen molar-refractivity contribution in [2.24, 2.45) is 5.16 Å². The van der Waals surface area contributed by atoms with Crippen molar-refractivity contribution in [3.05, 3.63) is 29.3 Å². The summed E-state index contributed by atoms with van der Waals surface area (Å²) >= 11 is 0. The van der Waals surface area contributed by atoms with Gasteiger partial charge < -0.3 is 34.0 Å². The zero-order valence-corrected chi connectivity index (χ0v) is 21.3. The summed E-state index contributed by atoms with van der Waals surface area (Å²) in [5.74, 6) is -3.08. The highest BCUT2D eigenvalue weighted by Crippen LogP contribution is 2.31. The van der Waals surface area contributed by atoms with Gasteiger partial charge in [-0.3, -0.25) is 24.0 Å². The maximum atomic E-state index is 12.9. The van der Waals surface area contributed by atoms with Crippen molar-refractivity contribution in [1.29, 1.82) is 0 Å². The Balaban J connectivity index is 2.01. The summed E-state index contributed by atoms with van der Waals surface area (Å²) in [6.45, 7) is 6.13. The van der Waals surface area contributed by atoms with E-state index in [9.17, 15) is 24.0 Å². The molecule has 0 saturated carbocycles. The van der Waals surface area contributed by atoms with Gasteiger partial charge in [-0.2, -0.15) is 0 Å². The number of esters is 3. The van der Waals surface area contributed by atoms with Gasteiger partial charge in [0.25, 0.3) is 12.2 Å². The first kappa shape index (κ1) is 27.6. The molecule has 1 N–H and O–H groups in total. The number of ether oxygens (including phenoxy) is 4. The van der Waals surface area contributed by atoms with Gasteiger partial charge in [0.1, 0.15) is 18.8 Å². The average Bonchev–Trinajstić information content (AvgIpc) is 3.02. The van der Waals surface area contributed by atoms with Crippen LogP contribution in [0.15, 0.2) is 23.4 Å². The molecule has 13 heteroatoms. The van der Waals surface area contributed by atoms with Crippen LogP contribution in [0.2, 0.25) is 0 Å². The van der Waals surface area contributed by atoms with Crippen LogP contribution >= 0.6 is 0 Å². The molecular weight excluding hydrogens is 490 g/mol. The van der Waals surface area contributed by atoms with Crippen LogP contribution in [-0.2, 0) is 47.8 Å². The molecule has 0 radical (unpaired) electrons. The molecule has 1 aromatic carbocycles. The van der Waals surface area contributed by atoms with E-state index in [0.717, 1.165) is 19.4 Å². The lowest BCUT2D eigenvalue weighted by molar-refractivity contribution is -0.278. The number of likely N-dealkylation sites (N-methyl/N-ethyl adjacent to an activating group) is 1. The minimum absolute atomic E-state index is 0.00550. The average molecular weight is 520 g/mol. The van der Waals surface area contributed by atoms with Crippen molar-refractivity contribution < 1.29 is 47.8 Å². The summed E-state index contributed by atoms with van der Waals surface area (Å²) in [5, 5.41) is 6.61. The van der Waals surface area contributed by atoms with Crippen LogP contribution in [0.4, 0.5) is 5.69 Å². The van der Waals surface area contributed by atoms with Crippen LogP contribution in [-0.4, -0.2) is 79.7 Å². The third kappa shape index (κ3) is 6.42. The number of anilines is 1. The van der Waals surface area contributed by atoms with Gasteiger partial charge in [-0.25, -0.2) is 0 Å². The molecule has 3 rings (SSSR count). The number of carbonyl (C=O) groups excluding carboxylic acids is 5. The lowest BCUT2D eigenvalue weighted by Crippen LogP contribution is -2.66. The summed E-state index contributed by atoms with van der Waals surface area (Å²) < 4.78 is 21.7. The Hall–Kier alpha value is -4.00. The Morgan fingerprint density at radius 2 is 1.68 bits per heavy atom. The minimum Gasteiger partial charge on any atom is -0.463 e. The number of fused-ring (bicyclic) bond motifs is 1. The van der Waals surface area contributed by atoms with Crippen molar-refractivity contribution in [3.8, 4) is 0 Å². The highest BCUT2D eigenvalue weighted by atomic mass is 16.8. The maximum Gasteiger partial charge on any atom is 0.303 e. The lowest BCUT2D eigenvalue weighted by Gasteiger charge is -2.43. The lowest BCUT2D eigenvalue weighted by atomic mass is 9.96. The minimum atomic E-state index is -1.43. The molecule has 2 amide bonds. The topological polar surface area (TPSA) is 159 Å².